The molecule has 1 amide bonds. The molecule has 0 unspecified atom stereocenters. The average Bonchev–Trinajstić information content (AvgIpc) is 2.77. The number of rotatable bonds is 2. The number of nitrogens with one attached hydrogen (secondary N) is 1. The Hall–Kier alpha value is -2.40. The molecule has 3 nitrogen and oxygen atoms in total. The molecular weight excluding hydrogens is 299 g/mol. The predicted octanol–water partition coefficient (Wildman–Crippen LogP) is 4.19. The molecular formula is C17H13FN2OS. The first-order chi connectivity index (χ1) is 10.6. The number of anilines is 1. The van der Waals surface area contributed by atoms with Crippen molar-refractivity contribution in [1.29, 1.82) is 5.41 Å². The molecule has 1 fully saturated rings. The van der Waals surface area contributed by atoms with Gasteiger partial charge in [0.25, 0.3) is 5.91 Å². The van der Waals surface area contributed by atoms with Gasteiger partial charge in [-0.3, -0.25) is 15.1 Å². The van der Waals surface area contributed by atoms with E-state index in [4.69, 9.17) is 5.41 Å². The molecule has 2 aromatic carbocycles. The molecule has 1 N–H and O–H groups in total. The Morgan fingerprint density at radius 3 is 2.50 bits per heavy atom. The minimum Gasteiger partial charge on any atom is -0.278 e. The summed E-state index contributed by atoms with van der Waals surface area (Å²) in [5, 5.41) is 8.24. The molecule has 0 aliphatic carbocycles. The lowest BCUT2D eigenvalue weighted by Crippen LogP contribution is -2.28. The SMILES string of the molecule is Cc1ccccc1N1C(=N)S/C(=C\c2ccc(F)cc2)C1=O. The van der Waals surface area contributed by atoms with Crippen LogP contribution in [0.3, 0.4) is 0 Å². The monoisotopic (exact) mass is 312 g/mol. The second-order valence-electron chi connectivity index (χ2n) is 4.89. The van der Waals surface area contributed by atoms with Gasteiger partial charge in [-0.05, 0) is 54.1 Å². The fraction of sp³-hybridized carbons (Fsp3) is 0.0588. The van der Waals surface area contributed by atoms with Gasteiger partial charge in [0.2, 0.25) is 0 Å². The lowest BCUT2D eigenvalue weighted by molar-refractivity contribution is -0.113. The van der Waals surface area contributed by atoms with Crippen LogP contribution in [0.5, 0.6) is 0 Å². The third-order valence-electron chi connectivity index (χ3n) is 3.35. The molecule has 3 rings (SSSR count). The lowest BCUT2D eigenvalue weighted by atomic mass is 10.1. The number of hydrogen-bond donors (Lipinski definition) is 1. The number of aryl methyl sites for hydroxylation is 1. The zero-order valence-electron chi connectivity index (χ0n) is 11.8. The van der Waals surface area contributed by atoms with E-state index in [2.05, 4.69) is 0 Å². The lowest BCUT2D eigenvalue weighted by Gasteiger charge is -2.16. The van der Waals surface area contributed by atoms with E-state index in [9.17, 15) is 9.18 Å². The van der Waals surface area contributed by atoms with E-state index in [-0.39, 0.29) is 16.9 Å². The first-order valence-electron chi connectivity index (χ1n) is 6.70. The van der Waals surface area contributed by atoms with Gasteiger partial charge in [-0.15, -0.1) is 0 Å². The maximum Gasteiger partial charge on any atom is 0.271 e. The molecule has 22 heavy (non-hydrogen) atoms. The highest BCUT2D eigenvalue weighted by Crippen LogP contribution is 2.36. The van der Waals surface area contributed by atoms with Crippen molar-refractivity contribution in [3.63, 3.8) is 0 Å². The van der Waals surface area contributed by atoms with Crippen LogP contribution in [0.2, 0.25) is 0 Å². The van der Waals surface area contributed by atoms with Gasteiger partial charge >= 0.3 is 0 Å². The van der Waals surface area contributed by atoms with Crippen LogP contribution in [0.4, 0.5) is 10.1 Å². The van der Waals surface area contributed by atoms with Crippen molar-refractivity contribution in [1.82, 2.24) is 0 Å². The fourth-order valence-electron chi connectivity index (χ4n) is 2.23. The maximum atomic E-state index is 12.9. The smallest absolute Gasteiger partial charge is 0.271 e. The van der Waals surface area contributed by atoms with E-state index >= 15 is 0 Å². The standard InChI is InChI=1S/C17H13FN2OS/c1-11-4-2-3-5-14(11)20-16(21)15(22-17(20)19)10-12-6-8-13(18)9-7-12/h2-10,19H,1H3/b15-10-,19-17?. The van der Waals surface area contributed by atoms with Crippen molar-refractivity contribution in [2.24, 2.45) is 0 Å². The van der Waals surface area contributed by atoms with Gasteiger partial charge in [-0.1, -0.05) is 30.3 Å². The quantitative estimate of drug-likeness (QED) is 0.845. The molecule has 2 aromatic rings. The number of thioether (sulfide) groups is 1. The zero-order chi connectivity index (χ0) is 15.7. The molecule has 0 aromatic heterocycles. The second kappa shape index (κ2) is 5.77. The Morgan fingerprint density at radius 1 is 1.14 bits per heavy atom. The zero-order valence-corrected chi connectivity index (χ0v) is 12.7. The molecule has 5 heteroatoms. The number of hydrogen-bond acceptors (Lipinski definition) is 3. The molecule has 1 aliphatic rings. The van der Waals surface area contributed by atoms with Crippen molar-refractivity contribution in [2.45, 2.75) is 6.92 Å². The van der Waals surface area contributed by atoms with Crippen LogP contribution in [0.1, 0.15) is 11.1 Å². The Labute approximate surface area is 132 Å². The summed E-state index contributed by atoms with van der Waals surface area (Å²) in [6, 6.07) is 13.4. The van der Waals surface area contributed by atoms with Crippen molar-refractivity contribution in [2.75, 3.05) is 4.90 Å². The minimum absolute atomic E-state index is 0.174. The number of carbonyl (C=O) groups excluding carboxylic acids is 1. The third kappa shape index (κ3) is 2.67. The summed E-state index contributed by atoms with van der Waals surface area (Å²) in [4.78, 5) is 14.4. The largest absolute Gasteiger partial charge is 0.278 e. The highest BCUT2D eigenvalue weighted by Gasteiger charge is 2.34. The third-order valence-corrected chi connectivity index (χ3v) is 4.24. The Bertz CT molecular complexity index is 784. The topological polar surface area (TPSA) is 44.2 Å². The number of nitrogens with zero attached hydrogens (tertiary/aromatic N) is 1. The normalized spacial score (nSPS) is 16.6. The summed E-state index contributed by atoms with van der Waals surface area (Å²) in [5.41, 5.74) is 2.38. The van der Waals surface area contributed by atoms with Gasteiger partial charge in [-0.25, -0.2) is 4.39 Å². The van der Waals surface area contributed by atoms with Crippen molar-refractivity contribution in [3.8, 4) is 0 Å². The van der Waals surface area contributed by atoms with E-state index in [0.717, 1.165) is 22.9 Å². The van der Waals surface area contributed by atoms with E-state index in [1.165, 1.54) is 17.0 Å². The molecule has 0 spiro atoms. The Kier molecular flexibility index (Phi) is 3.81. The molecule has 1 heterocycles. The van der Waals surface area contributed by atoms with E-state index in [0.29, 0.717) is 10.6 Å². The van der Waals surface area contributed by atoms with Crippen molar-refractivity contribution in [3.05, 3.63) is 70.4 Å². The van der Waals surface area contributed by atoms with Gasteiger partial charge in [0, 0.05) is 0 Å². The number of benzene rings is 2. The molecule has 0 atom stereocenters. The van der Waals surface area contributed by atoms with Crippen LogP contribution in [-0.4, -0.2) is 11.1 Å². The van der Waals surface area contributed by atoms with E-state index < -0.39 is 0 Å². The fourth-order valence-corrected chi connectivity index (χ4v) is 3.09. The van der Waals surface area contributed by atoms with Crippen LogP contribution in [0, 0.1) is 18.2 Å². The first kappa shape index (κ1) is 14.5. The molecule has 0 radical (unpaired) electrons. The Morgan fingerprint density at radius 2 is 1.82 bits per heavy atom. The van der Waals surface area contributed by atoms with Gasteiger partial charge < -0.3 is 0 Å². The van der Waals surface area contributed by atoms with Gasteiger partial charge in [-0.2, -0.15) is 0 Å². The van der Waals surface area contributed by atoms with Crippen LogP contribution in [-0.2, 0) is 4.79 Å². The van der Waals surface area contributed by atoms with Crippen LogP contribution in [0.15, 0.2) is 53.4 Å². The first-order valence-corrected chi connectivity index (χ1v) is 7.51. The predicted molar refractivity (Wildman–Crippen MR) is 88.4 cm³/mol. The molecule has 0 saturated carbocycles. The van der Waals surface area contributed by atoms with Crippen LogP contribution >= 0.6 is 11.8 Å². The molecule has 110 valence electrons. The summed E-state index contributed by atoms with van der Waals surface area (Å²) in [6.45, 7) is 1.91. The number of carbonyl (C=O) groups is 1. The number of halogens is 1. The van der Waals surface area contributed by atoms with E-state index in [1.54, 1.807) is 18.2 Å². The van der Waals surface area contributed by atoms with E-state index in [1.807, 2.05) is 31.2 Å². The molecule has 1 aliphatic heterocycles. The Balaban J connectivity index is 1.95. The molecule has 1 saturated heterocycles. The maximum absolute atomic E-state index is 12.9. The highest BCUT2D eigenvalue weighted by atomic mass is 32.2. The summed E-state index contributed by atoms with van der Waals surface area (Å²) in [5.74, 6) is -0.546. The minimum atomic E-state index is -0.318. The van der Waals surface area contributed by atoms with Crippen LogP contribution in [0.25, 0.3) is 6.08 Å². The number of amidine groups is 1. The summed E-state index contributed by atoms with van der Waals surface area (Å²) >= 11 is 1.11. The number of para-hydroxylation sites is 1. The second-order valence-corrected chi connectivity index (χ2v) is 5.93. The summed E-state index contributed by atoms with van der Waals surface area (Å²) in [7, 11) is 0. The number of amides is 1. The van der Waals surface area contributed by atoms with Gasteiger partial charge in [0.05, 0.1) is 10.6 Å². The van der Waals surface area contributed by atoms with Crippen molar-refractivity contribution < 1.29 is 9.18 Å². The highest BCUT2D eigenvalue weighted by molar-refractivity contribution is 8.19. The van der Waals surface area contributed by atoms with Crippen LogP contribution < -0.4 is 4.90 Å². The van der Waals surface area contributed by atoms with Crippen molar-refractivity contribution >= 4 is 34.6 Å². The van der Waals surface area contributed by atoms with Gasteiger partial charge in [0.1, 0.15) is 5.82 Å². The average molecular weight is 312 g/mol. The van der Waals surface area contributed by atoms with Gasteiger partial charge in [0.15, 0.2) is 5.17 Å². The summed E-state index contributed by atoms with van der Waals surface area (Å²) in [6.07, 6.45) is 1.68. The summed E-state index contributed by atoms with van der Waals surface area (Å²) < 4.78 is 12.9. The molecule has 0 bridgehead atoms.